The van der Waals surface area contributed by atoms with Gasteiger partial charge in [0.05, 0.1) is 10.0 Å². The molecular formula is C20H21Cl2N3O. The Hall–Kier alpha value is -1.70. The topological polar surface area (TPSA) is 64.9 Å². The summed E-state index contributed by atoms with van der Waals surface area (Å²) in [6.45, 7) is 0. The number of carbonyl (C=O) groups excluding carboxylic acids is 1. The summed E-state index contributed by atoms with van der Waals surface area (Å²) in [6, 6.07) is 6.86. The van der Waals surface area contributed by atoms with Crippen LogP contribution in [0, 0.1) is 29.1 Å². The third-order valence-corrected chi connectivity index (χ3v) is 6.84. The molecule has 4 fully saturated rings. The maximum absolute atomic E-state index is 12.4. The van der Waals surface area contributed by atoms with Gasteiger partial charge in [-0.25, -0.2) is 0 Å². The highest BCUT2D eigenvalue weighted by atomic mass is 35.5. The fourth-order valence-corrected chi connectivity index (χ4v) is 5.73. The summed E-state index contributed by atoms with van der Waals surface area (Å²) in [5.74, 6) is 1.97. The molecule has 0 saturated heterocycles. The molecule has 6 heteroatoms. The maximum atomic E-state index is 12.4. The number of nitrogens with zero attached hydrogens (tertiary/aromatic N) is 1. The van der Waals surface area contributed by atoms with Crippen LogP contribution in [0.5, 0.6) is 0 Å². The van der Waals surface area contributed by atoms with Crippen LogP contribution in [0.4, 0.5) is 5.69 Å². The second-order valence-corrected chi connectivity index (χ2v) is 8.91. The van der Waals surface area contributed by atoms with Gasteiger partial charge in [0.2, 0.25) is 0 Å². The Kier molecular flexibility index (Phi) is 4.62. The number of carbonyl (C=O) groups is 1. The van der Waals surface area contributed by atoms with Gasteiger partial charge in [0.1, 0.15) is 11.6 Å². The third-order valence-electron chi connectivity index (χ3n) is 6.10. The number of nitriles is 1. The minimum Gasteiger partial charge on any atom is -0.384 e. The molecule has 0 unspecified atom stereocenters. The first-order chi connectivity index (χ1) is 12.5. The van der Waals surface area contributed by atoms with Gasteiger partial charge in [0, 0.05) is 17.4 Å². The van der Waals surface area contributed by atoms with Crippen molar-refractivity contribution in [3.05, 3.63) is 40.0 Å². The maximum Gasteiger partial charge on any atom is 0.267 e. The van der Waals surface area contributed by atoms with E-state index in [4.69, 9.17) is 23.2 Å². The number of hydrogen-bond acceptors (Lipinski definition) is 3. The average molecular weight is 390 g/mol. The van der Waals surface area contributed by atoms with Gasteiger partial charge in [0.25, 0.3) is 5.91 Å². The van der Waals surface area contributed by atoms with E-state index in [0.717, 1.165) is 37.0 Å². The molecule has 2 N–H and O–H groups in total. The summed E-state index contributed by atoms with van der Waals surface area (Å²) in [4.78, 5) is 12.4. The highest BCUT2D eigenvalue weighted by Gasteiger charge is 2.50. The Morgan fingerprint density at radius 1 is 1.12 bits per heavy atom. The highest BCUT2D eigenvalue weighted by Crippen LogP contribution is 2.55. The van der Waals surface area contributed by atoms with Crippen molar-refractivity contribution >= 4 is 34.8 Å². The molecule has 0 atom stereocenters. The first-order valence-electron chi connectivity index (χ1n) is 9.11. The number of amides is 1. The second-order valence-electron chi connectivity index (χ2n) is 8.10. The molecule has 4 nitrogen and oxygen atoms in total. The van der Waals surface area contributed by atoms with Crippen molar-refractivity contribution in [2.24, 2.45) is 17.8 Å². The van der Waals surface area contributed by atoms with E-state index in [1.165, 1.54) is 19.3 Å². The molecule has 0 aliphatic heterocycles. The molecule has 0 aromatic heterocycles. The molecule has 0 heterocycles. The first-order valence-corrected chi connectivity index (χ1v) is 9.86. The lowest BCUT2D eigenvalue weighted by Gasteiger charge is -2.56. The van der Waals surface area contributed by atoms with Crippen LogP contribution in [0.2, 0.25) is 10.0 Å². The van der Waals surface area contributed by atoms with E-state index < -0.39 is 5.91 Å². The molecule has 26 heavy (non-hydrogen) atoms. The average Bonchev–Trinajstić information content (AvgIpc) is 2.57. The quantitative estimate of drug-likeness (QED) is 0.568. The minimum absolute atomic E-state index is 0.0701. The van der Waals surface area contributed by atoms with Gasteiger partial charge in [-0.1, -0.05) is 23.2 Å². The van der Waals surface area contributed by atoms with Crippen LogP contribution >= 0.6 is 23.2 Å². The van der Waals surface area contributed by atoms with Crippen molar-refractivity contribution in [2.45, 2.75) is 44.1 Å². The van der Waals surface area contributed by atoms with Gasteiger partial charge in [-0.15, -0.1) is 0 Å². The zero-order valence-electron chi connectivity index (χ0n) is 14.4. The predicted octanol–water partition coefficient (Wildman–Crippen LogP) is 4.90. The predicted molar refractivity (Wildman–Crippen MR) is 103 cm³/mol. The normalized spacial score (nSPS) is 32.2. The Morgan fingerprint density at radius 3 is 2.27 bits per heavy atom. The Balaban J connectivity index is 1.46. The highest BCUT2D eigenvalue weighted by molar-refractivity contribution is 6.42. The van der Waals surface area contributed by atoms with Gasteiger partial charge < -0.3 is 10.6 Å². The zero-order chi connectivity index (χ0) is 18.3. The van der Waals surface area contributed by atoms with E-state index >= 15 is 0 Å². The second kappa shape index (κ2) is 6.79. The molecule has 0 radical (unpaired) electrons. The monoisotopic (exact) mass is 389 g/mol. The number of benzene rings is 1. The largest absolute Gasteiger partial charge is 0.384 e. The van der Waals surface area contributed by atoms with Gasteiger partial charge >= 0.3 is 0 Å². The van der Waals surface area contributed by atoms with Crippen LogP contribution in [-0.4, -0.2) is 11.4 Å². The molecule has 0 spiro atoms. The molecule has 1 amide bonds. The molecule has 136 valence electrons. The molecular weight excluding hydrogens is 369 g/mol. The van der Waals surface area contributed by atoms with Crippen molar-refractivity contribution in [3.8, 4) is 6.07 Å². The van der Waals surface area contributed by atoms with E-state index in [1.807, 2.05) is 6.07 Å². The number of halogens is 2. The van der Waals surface area contributed by atoms with E-state index in [2.05, 4.69) is 10.6 Å². The zero-order valence-corrected chi connectivity index (χ0v) is 15.9. The third kappa shape index (κ3) is 3.43. The fourth-order valence-electron chi connectivity index (χ4n) is 5.43. The van der Waals surface area contributed by atoms with Gasteiger partial charge in [-0.05, 0) is 74.5 Å². The fraction of sp³-hybridized carbons (Fsp3) is 0.500. The van der Waals surface area contributed by atoms with E-state index in [1.54, 1.807) is 24.4 Å². The van der Waals surface area contributed by atoms with Crippen molar-refractivity contribution in [3.63, 3.8) is 0 Å². The SMILES string of the molecule is N#C/C(=C/NC12CC3CC(CC(C3)C1)C2)C(=O)Nc1ccc(Cl)c(Cl)c1. The molecule has 4 saturated carbocycles. The summed E-state index contributed by atoms with van der Waals surface area (Å²) in [5, 5.41) is 16.4. The van der Waals surface area contributed by atoms with Gasteiger partial charge in [-0.3, -0.25) is 4.79 Å². The van der Waals surface area contributed by atoms with Crippen LogP contribution < -0.4 is 10.6 Å². The smallest absolute Gasteiger partial charge is 0.267 e. The summed E-state index contributed by atoms with van der Waals surface area (Å²) >= 11 is 11.9. The van der Waals surface area contributed by atoms with Gasteiger partial charge in [0.15, 0.2) is 0 Å². The van der Waals surface area contributed by atoms with Crippen LogP contribution in [0.15, 0.2) is 30.0 Å². The van der Waals surface area contributed by atoms with Crippen LogP contribution in [-0.2, 0) is 4.79 Å². The van der Waals surface area contributed by atoms with Gasteiger partial charge in [-0.2, -0.15) is 5.26 Å². The number of hydrogen-bond donors (Lipinski definition) is 2. The summed E-state index contributed by atoms with van der Waals surface area (Å²) in [6.07, 6.45) is 9.14. The number of rotatable bonds is 4. The Labute approximate surface area is 163 Å². The lowest BCUT2D eigenvalue weighted by atomic mass is 9.53. The standard InChI is InChI=1S/C20H21Cl2N3O/c21-17-2-1-16(6-18(17)22)25-19(26)15(10-23)11-24-20-7-12-3-13(8-20)5-14(4-12)9-20/h1-2,6,11-14,24H,3-5,7-9H2,(H,25,26)/b15-11-. The van der Waals surface area contributed by atoms with Crippen molar-refractivity contribution < 1.29 is 4.79 Å². The number of anilines is 1. The molecule has 4 bridgehead atoms. The van der Waals surface area contributed by atoms with Crippen molar-refractivity contribution in [1.82, 2.24) is 5.32 Å². The Bertz CT molecular complexity index is 776. The van der Waals surface area contributed by atoms with E-state index in [0.29, 0.717) is 15.7 Å². The first kappa shape index (κ1) is 17.7. The molecule has 1 aromatic carbocycles. The summed E-state index contributed by atoms with van der Waals surface area (Å²) in [5.41, 5.74) is 0.660. The molecule has 1 aromatic rings. The lowest BCUT2D eigenvalue weighted by Crippen LogP contribution is -2.57. The van der Waals surface area contributed by atoms with E-state index in [-0.39, 0.29) is 11.1 Å². The van der Waals surface area contributed by atoms with Crippen LogP contribution in [0.3, 0.4) is 0 Å². The Morgan fingerprint density at radius 2 is 1.73 bits per heavy atom. The minimum atomic E-state index is -0.442. The van der Waals surface area contributed by atoms with E-state index in [9.17, 15) is 10.1 Å². The molecule has 5 rings (SSSR count). The lowest BCUT2D eigenvalue weighted by molar-refractivity contribution is -0.112. The van der Waals surface area contributed by atoms with Crippen molar-refractivity contribution in [2.75, 3.05) is 5.32 Å². The van der Waals surface area contributed by atoms with Crippen molar-refractivity contribution in [1.29, 1.82) is 5.26 Å². The molecule has 4 aliphatic carbocycles. The molecule has 4 aliphatic rings. The summed E-state index contributed by atoms with van der Waals surface area (Å²) < 4.78 is 0. The van der Waals surface area contributed by atoms with Crippen LogP contribution in [0.25, 0.3) is 0 Å². The number of nitrogens with one attached hydrogen (secondary N) is 2. The van der Waals surface area contributed by atoms with Crippen LogP contribution in [0.1, 0.15) is 38.5 Å². The summed E-state index contributed by atoms with van der Waals surface area (Å²) in [7, 11) is 0.